The third-order valence-corrected chi connectivity index (χ3v) is 4.83. The maximum atomic E-state index is 13.6. The molecule has 0 aromatic heterocycles. The first-order valence-electron chi connectivity index (χ1n) is 7.93. The lowest BCUT2D eigenvalue weighted by atomic mass is 10.2. The number of amides is 1. The van der Waals surface area contributed by atoms with Gasteiger partial charge in [0.15, 0.2) is 0 Å². The van der Waals surface area contributed by atoms with Crippen molar-refractivity contribution in [2.45, 2.75) is 4.90 Å². The molecular formula is C18H18F2N2O2S. The Bertz CT molecular complexity index is 752. The maximum absolute atomic E-state index is 13.6. The van der Waals surface area contributed by atoms with E-state index in [4.69, 9.17) is 4.74 Å². The fourth-order valence-corrected chi connectivity index (χ4v) is 3.30. The molecule has 1 aliphatic rings. The van der Waals surface area contributed by atoms with Gasteiger partial charge in [-0.25, -0.2) is 8.78 Å². The minimum Gasteiger partial charge on any atom is -0.378 e. The van der Waals surface area contributed by atoms with Gasteiger partial charge in [0.2, 0.25) is 5.91 Å². The molecule has 1 N–H and O–H groups in total. The molecule has 1 aliphatic heterocycles. The Kier molecular flexibility index (Phi) is 5.88. The summed E-state index contributed by atoms with van der Waals surface area (Å²) in [6, 6.07) is 10.9. The van der Waals surface area contributed by atoms with Gasteiger partial charge in [-0.1, -0.05) is 12.1 Å². The predicted octanol–water partition coefficient (Wildman–Crippen LogP) is 3.53. The maximum Gasteiger partial charge on any atom is 0.234 e. The third-order valence-electron chi connectivity index (χ3n) is 3.78. The van der Waals surface area contributed by atoms with E-state index in [2.05, 4.69) is 10.2 Å². The summed E-state index contributed by atoms with van der Waals surface area (Å²) in [5.74, 6) is -1.49. The summed E-state index contributed by atoms with van der Waals surface area (Å²) in [7, 11) is 0. The van der Waals surface area contributed by atoms with Crippen molar-refractivity contribution in [1.82, 2.24) is 0 Å². The lowest BCUT2D eigenvalue weighted by molar-refractivity contribution is -0.113. The predicted molar refractivity (Wildman–Crippen MR) is 95.2 cm³/mol. The number of rotatable bonds is 5. The second-order valence-electron chi connectivity index (χ2n) is 5.53. The van der Waals surface area contributed by atoms with Crippen LogP contribution in [0.15, 0.2) is 47.4 Å². The van der Waals surface area contributed by atoms with Crippen molar-refractivity contribution in [2.75, 3.05) is 42.3 Å². The number of carbonyl (C=O) groups excluding carboxylic acids is 1. The van der Waals surface area contributed by atoms with Gasteiger partial charge in [-0.05, 0) is 24.3 Å². The van der Waals surface area contributed by atoms with Gasteiger partial charge in [-0.15, -0.1) is 11.8 Å². The van der Waals surface area contributed by atoms with Crippen LogP contribution in [0.1, 0.15) is 0 Å². The molecule has 0 spiro atoms. The van der Waals surface area contributed by atoms with E-state index >= 15 is 0 Å². The quantitative estimate of drug-likeness (QED) is 0.824. The molecular weight excluding hydrogens is 346 g/mol. The number of benzene rings is 2. The van der Waals surface area contributed by atoms with Crippen molar-refractivity contribution >= 4 is 29.0 Å². The van der Waals surface area contributed by atoms with Crippen molar-refractivity contribution in [3.8, 4) is 0 Å². The van der Waals surface area contributed by atoms with Crippen molar-refractivity contribution in [3.63, 3.8) is 0 Å². The van der Waals surface area contributed by atoms with Crippen LogP contribution in [-0.4, -0.2) is 38.0 Å². The van der Waals surface area contributed by atoms with E-state index in [0.717, 1.165) is 42.3 Å². The second-order valence-corrected chi connectivity index (χ2v) is 6.55. The second kappa shape index (κ2) is 8.31. The zero-order valence-corrected chi connectivity index (χ0v) is 14.3. The molecule has 0 aliphatic carbocycles. The van der Waals surface area contributed by atoms with Gasteiger partial charge in [0.1, 0.15) is 11.6 Å². The van der Waals surface area contributed by atoms with Crippen LogP contribution in [-0.2, 0) is 9.53 Å². The Morgan fingerprint density at radius 2 is 1.92 bits per heavy atom. The molecule has 1 fully saturated rings. The SMILES string of the molecule is O=C(CSc1ccc(F)cc1F)Nc1ccccc1N1CCOCC1. The number of nitrogens with zero attached hydrogens (tertiary/aromatic N) is 1. The van der Waals surface area contributed by atoms with E-state index in [9.17, 15) is 13.6 Å². The fourth-order valence-electron chi connectivity index (χ4n) is 2.58. The number of ether oxygens (including phenoxy) is 1. The van der Waals surface area contributed by atoms with Crippen LogP contribution in [0.2, 0.25) is 0 Å². The first-order valence-corrected chi connectivity index (χ1v) is 8.91. The van der Waals surface area contributed by atoms with E-state index in [1.54, 1.807) is 0 Å². The van der Waals surface area contributed by atoms with Crippen LogP contribution in [0, 0.1) is 11.6 Å². The normalized spacial score (nSPS) is 14.4. The Morgan fingerprint density at radius 1 is 1.16 bits per heavy atom. The van der Waals surface area contributed by atoms with Crippen LogP contribution in [0.5, 0.6) is 0 Å². The average molecular weight is 364 g/mol. The summed E-state index contributed by atoms with van der Waals surface area (Å²) >= 11 is 1.04. The summed E-state index contributed by atoms with van der Waals surface area (Å²) in [6.45, 7) is 2.84. The van der Waals surface area contributed by atoms with E-state index in [1.165, 1.54) is 12.1 Å². The lowest BCUT2D eigenvalue weighted by Gasteiger charge is -2.30. The molecule has 1 saturated heterocycles. The molecule has 0 radical (unpaired) electrons. The number of para-hydroxylation sites is 2. The van der Waals surface area contributed by atoms with Gasteiger partial charge in [0, 0.05) is 24.1 Å². The molecule has 4 nitrogen and oxygen atoms in total. The molecule has 1 amide bonds. The molecule has 1 heterocycles. The van der Waals surface area contributed by atoms with Crippen LogP contribution in [0.3, 0.4) is 0 Å². The van der Waals surface area contributed by atoms with E-state index in [-0.39, 0.29) is 16.6 Å². The van der Waals surface area contributed by atoms with Gasteiger partial charge < -0.3 is 15.0 Å². The average Bonchev–Trinajstić information content (AvgIpc) is 2.62. The highest BCUT2D eigenvalue weighted by Gasteiger charge is 2.16. The number of morpholine rings is 1. The molecule has 0 unspecified atom stereocenters. The Hall–Kier alpha value is -2.12. The smallest absolute Gasteiger partial charge is 0.234 e. The van der Waals surface area contributed by atoms with Crippen LogP contribution >= 0.6 is 11.8 Å². The molecule has 0 bridgehead atoms. The number of hydrogen-bond acceptors (Lipinski definition) is 4. The molecule has 132 valence electrons. The highest BCUT2D eigenvalue weighted by molar-refractivity contribution is 8.00. The Morgan fingerprint density at radius 3 is 2.68 bits per heavy atom. The first kappa shape index (κ1) is 17.7. The number of thioether (sulfide) groups is 1. The van der Waals surface area contributed by atoms with E-state index in [1.807, 2.05) is 24.3 Å². The Labute approximate surface area is 149 Å². The summed E-state index contributed by atoms with van der Waals surface area (Å²) in [4.78, 5) is 14.6. The van der Waals surface area contributed by atoms with Crippen LogP contribution in [0.25, 0.3) is 0 Å². The van der Waals surface area contributed by atoms with Crippen LogP contribution < -0.4 is 10.2 Å². The summed E-state index contributed by atoms with van der Waals surface area (Å²) in [5, 5.41) is 2.87. The van der Waals surface area contributed by atoms with Crippen molar-refractivity contribution in [1.29, 1.82) is 0 Å². The molecule has 25 heavy (non-hydrogen) atoms. The molecule has 7 heteroatoms. The Balaban J connectivity index is 1.63. The molecule has 2 aromatic rings. The molecule has 2 aromatic carbocycles. The van der Waals surface area contributed by atoms with Crippen molar-refractivity contribution < 1.29 is 18.3 Å². The van der Waals surface area contributed by atoms with E-state index in [0.29, 0.717) is 13.2 Å². The van der Waals surface area contributed by atoms with Gasteiger partial charge in [-0.3, -0.25) is 4.79 Å². The van der Waals surface area contributed by atoms with Gasteiger partial charge in [0.25, 0.3) is 0 Å². The number of carbonyl (C=O) groups is 1. The zero-order chi connectivity index (χ0) is 17.6. The standard InChI is InChI=1S/C18H18F2N2O2S/c19-13-5-6-17(14(20)11-13)25-12-18(23)21-15-3-1-2-4-16(15)22-7-9-24-10-8-22/h1-6,11H,7-10,12H2,(H,21,23). The summed E-state index contributed by atoms with van der Waals surface area (Å²) < 4.78 is 31.9. The van der Waals surface area contributed by atoms with E-state index < -0.39 is 11.6 Å². The highest BCUT2D eigenvalue weighted by atomic mass is 32.2. The fraction of sp³-hybridized carbons (Fsp3) is 0.278. The zero-order valence-electron chi connectivity index (χ0n) is 13.5. The minimum absolute atomic E-state index is 0.0417. The number of hydrogen-bond donors (Lipinski definition) is 1. The lowest BCUT2D eigenvalue weighted by Crippen LogP contribution is -2.36. The minimum atomic E-state index is -0.661. The van der Waals surface area contributed by atoms with Gasteiger partial charge in [-0.2, -0.15) is 0 Å². The number of nitrogens with one attached hydrogen (secondary N) is 1. The number of anilines is 2. The molecule has 3 rings (SSSR count). The summed E-state index contributed by atoms with van der Waals surface area (Å²) in [5.41, 5.74) is 1.66. The molecule has 0 saturated carbocycles. The monoisotopic (exact) mass is 364 g/mol. The first-order chi connectivity index (χ1) is 12.1. The number of halogens is 2. The van der Waals surface area contributed by atoms with Crippen molar-refractivity contribution in [2.24, 2.45) is 0 Å². The van der Waals surface area contributed by atoms with Crippen molar-refractivity contribution in [3.05, 3.63) is 54.1 Å². The highest BCUT2D eigenvalue weighted by Crippen LogP contribution is 2.27. The largest absolute Gasteiger partial charge is 0.378 e. The molecule has 0 atom stereocenters. The van der Waals surface area contributed by atoms with Crippen LogP contribution in [0.4, 0.5) is 20.2 Å². The van der Waals surface area contributed by atoms with Gasteiger partial charge in [0.05, 0.1) is 30.3 Å². The third kappa shape index (κ3) is 4.70. The topological polar surface area (TPSA) is 41.6 Å². The summed E-state index contributed by atoms with van der Waals surface area (Å²) in [6.07, 6.45) is 0. The van der Waals surface area contributed by atoms with Gasteiger partial charge >= 0.3 is 0 Å².